The molecule has 0 bridgehead atoms. The summed E-state index contributed by atoms with van der Waals surface area (Å²) in [6.07, 6.45) is 2.68. The van der Waals surface area contributed by atoms with Crippen LogP contribution in [0.4, 0.5) is 5.82 Å². The highest BCUT2D eigenvalue weighted by Gasteiger charge is 2.14. The molecule has 20 heavy (non-hydrogen) atoms. The maximum absolute atomic E-state index is 11.4. The highest BCUT2D eigenvalue weighted by Crippen LogP contribution is 2.27. The van der Waals surface area contributed by atoms with Gasteiger partial charge >= 0.3 is 0 Å². The Morgan fingerprint density at radius 3 is 2.75 bits per heavy atom. The molecule has 0 aliphatic rings. The first kappa shape index (κ1) is 12.4. The van der Waals surface area contributed by atoms with Crippen LogP contribution in [0.3, 0.4) is 0 Å². The summed E-state index contributed by atoms with van der Waals surface area (Å²) in [5.41, 5.74) is 2.63. The smallest absolute Gasteiger partial charge is 0.154 e. The Labute approximate surface area is 117 Å². The number of carbonyl (C=O) groups excluding carboxylic acids is 1. The van der Waals surface area contributed by atoms with E-state index in [0.29, 0.717) is 12.1 Å². The molecule has 2 heterocycles. The summed E-state index contributed by atoms with van der Waals surface area (Å²) in [5.74, 6) is 0.826. The molecule has 0 unspecified atom stereocenters. The summed E-state index contributed by atoms with van der Waals surface area (Å²) >= 11 is 0. The third-order valence-corrected chi connectivity index (χ3v) is 3.35. The monoisotopic (exact) mass is 265 g/mol. The standard InChI is InChI=1S/C16H15N3O/c1-19(10-12-6-4-5-9-17-12)16-14(11-20)13-7-2-3-8-15(13)18-16/h2-9,11,18H,10H2,1H3. The number of aromatic amines is 1. The van der Waals surface area contributed by atoms with Crippen molar-refractivity contribution in [3.63, 3.8) is 0 Å². The molecule has 1 aromatic carbocycles. The van der Waals surface area contributed by atoms with Crippen molar-refractivity contribution in [1.29, 1.82) is 0 Å². The molecule has 3 aromatic rings. The second kappa shape index (κ2) is 5.17. The molecule has 3 rings (SSSR count). The summed E-state index contributed by atoms with van der Waals surface area (Å²) in [5, 5.41) is 0.949. The van der Waals surface area contributed by atoms with E-state index in [4.69, 9.17) is 0 Å². The molecule has 0 fully saturated rings. The normalized spacial score (nSPS) is 10.7. The van der Waals surface area contributed by atoms with Crippen molar-refractivity contribution >= 4 is 23.0 Å². The third kappa shape index (κ3) is 2.16. The lowest BCUT2D eigenvalue weighted by atomic mass is 10.2. The highest BCUT2D eigenvalue weighted by atomic mass is 16.1. The summed E-state index contributed by atoms with van der Waals surface area (Å²) in [4.78, 5) is 21.0. The van der Waals surface area contributed by atoms with Gasteiger partial charge in [-0.05, 0) is 18.2 Å². The van der Waals surface area contributed by atoms with Crippen molar-refractivity contribution in [3.8, 4) is 0 Å². The molecule has 2 aromatic heterocycles. The first-order valence-corrected chi connectivity index (χ1v) is 6.46. The van der Waals surface area contributed by atoms with Crippen LogP contribution in [0.5, 0.6) is 0 Å². The van der Waals surface area contributed by atoms with Crippen LogP contribution >= 0.6 is 0 Å². The van der Waals surface area contributed by atoms with E-state index in [-0.39, 0.29) is 0 Å². The Balaban J connectivity index is 1.99. The van der Waals surface area contributed by atoms with Crippen molar-refractivity contribution in [2.75, 3.05) is 11.9 Å². The zero-order valence-electron chi connectivity index (χ0n) is 11.2. The van der Waals surface area contributed by atoms with Gasteiger partial charge in [-0.25, -0.2) is 0 Å². The minimum Gasteiger partial charge on any atom is -0.355 e. The molecule has 0 aliphatic carbocycles. The van der Waals surface area contributed by atoms with Gasteiger partial charge in [0, 0.05) is 24.1 Å². The molecule has 1 N–H and O–H groups in total. The Morgan fingerprint density at radius 1 is 1.20 bits per heavy atom. The Hall–Kier alpha value is -2.62. The Kier molecular flexibility index (Phi) is 3.21. The maximum atomic E-state index is 11.4. The number of pyridine rings is 1. The average Bonchev–Trinajstić information content (AvgIpc) is 2.87. The molecular weight excluding hydrogens is 250 g/mol. The van der Waals surface area contributed by atoms with Gasteiger partial charge in [0.2, 0.25) is 0 Å². The van der Waals surface area contributed by atoms with Crippen molar-refractivity contribution in [3.05, 3.63) is 59.9 Å². The number of aldehydes is 1. The van der Waals surface area contributed by atoms with Crippen LogP contribution in [0, 0.1) is 0 Å². The molecule has 4 heteroatoms. The second-order valence-electron chi connectivity index (χ2n) is 4.73. The molecular formula is C16H15N3O. The minimum atomic E-state index is 0.647. The number of rotatable bonds is 4. The van der Waals surface area contributed by atoms with Gasteiger partial charge in [0.15, 0.2) is 6.29 Å². The number of aromatic nitrogens is 2. The second-order valence-corrected chi connectivity index (χ2v) is 4.73. The highest BCUT2D eigenvalue weighted by molar-refractivity contribution is 6.03. The summed E-state index contributed by atoms with van der Waals surface area (Å²) in [6.45, 7) is 0.647. The zero-order chi connectivity index (χ0) is 13.9. The van der Waals surface area contributed by atoms with E-state index >= 15 is 0 Å². The molecule has 0 saturated heterocycles. The Morgan fingerprint density at radius 2 is 2.00 bits per heavy atom. The minimum absolute atomic E-state index is 0.647. The van der Waals surface area contributed by atoms with Crippen LogP contribution in [0.2, 0.25) is 0 Å². The van der Waals surface area contributed by atoms with Crippen LogP contribution in [0.15, 0.2) is 48.7 Å². The Bertz CT molecular complexity index is 734. The molecule has 0 amide bonds. The van der Waals surface area contributed by atoms with E-state index in [2.05, 4.69) is 9.97 Å². The molecule has 0 radical (unpaired) electrons. The fourth-order valence-electron chi connectivity index (χ4n) is 2.38. The summed E-state index contributed by atoms with van der Waals surface area (Å²) in [6, 6.07) is 13.6. The first-order valence-electron chi connectivity index (χ1n) is 6.46. The quantitative estimate of drug-likeness (QED) is 0.738. The average molecular weight is 265 g/mol. The van der Waals surface area contributed by atoms with Crippen LogP contribution in [-0.4, -0.2) is 23.3 Å². The van der Waals surface area contributed by atoms with Crippen LogP contribution < -0.4 is 4.90 Å². The van der Waals surface area contributed by atoms with E-state index in [0.717, 1.165) is 28.7 Å². The van der Waals surface area contributed by atoms with Gasteiger partial charge in [-0.1, -0.05) is 24.3 Å². The largest absolute Gasteiger partial charge is 0.355 e. The molecule has 0 atom stereocenters. The number of fused-ring (bicyclic) bond motifs is 1. The zero-order valence-corrected chi connectivity index (χ0v) is 11.2. The van der Waals surface area contributed by atoms with E-state index in [9.17, 15) is 4.79 Å². The summed E-state index contributed by atoms with van der Waals surface area (Å²) < 4.78 is 0. The van der Waals surface area contributed by atoms with E-state index in [1.54, 1.807) is 6.20 Å². The number of nitrogens with zero attached hydrogens (tertiary/aromatic N) is 2. The van der Waals surface area contributed by atoms with Gasteiger partial charge in [-0.2, -0.15) is 0 Å². The number of H-pyrrole nitrogens is 1. The lowest BCUT2D eigenvalue weighted by molar-refractivity contribution is 0.112. The first-order chi connectivity index (χ1) is 9.79. The predicted octanol–water partition coefficient (Wildman–Crippen LogP) is 3.01. The number of carbonyl (C=O) groups is 1. The van der Waals surface area contributed by atoms with Crippen molar-refractivity contribution in [1.82, 2.24) is 9.97 Å². The molecule has 100 valence electrons. The maximum Gasteiger partial charge on any atom is 0.154 e. The lowest BCUT2D eigenvalue weighted by Gasteiger charge is -2.17. The van der Waals surface area contributed by atoms with Gasteiger partial charge < -0.3 is 9.88 Å². The number of benzene rings is 1. The van der Waals surface area contributed by atoms with Crippen LogP contribution in [0.1, 0.15) is 16.1 Å². The number of hydrogen-bond acceptors (Lipinski definition) is 3. The topological polar surface area (TPSA) is 49.0 Å². The van der Waals surface area contributed by atoms with Gasteiger partial charge in [-0.3, -0.25) is 9.78 Å². The van der Waals surface area contributed by atoms with Gasteiger partial charge in [0.25, 0.3) is 0 Å². The molecule has 4 nitrogen and oxygen atoms in total. The SMILES string of the molecule is CN(Cc1ccccn1)c1[nH]c2ccccc2c1C=O. The van der Waals surface area contributed by atoms with Gasteiger partial charge in [0.1, 0.15) is 5.82 Å². The van der Waals surface area contributed by atoms with Crippen molar-refractivity contribution < 1.29 is 4.79 Å². The van der Waals surface area contributed by atoms with E-state index < -0.39 is 0 Å². The predicted molar refractivity (Wildman–Crippen MR) is 80.0 cm³/mol. The van der Waals surface area contributed by atoms with Crippen LogP contribution in [-0.2, 0) is 6.54 Å². The van der Waals surface area contributed by atoms with Crippen LogP contribution in [0.25, 0.3) is 10.9 Å². The fraction of sp³-hybridized carbons (Fsp3) is 0.125. The molecule has 0 spiro atoms. The van der Waals surface area contributed by atoms with Gasteiger partial charge in [-0.15, -0.1) is 0 Å². The van der Waals surface area contributed by atoms with Gasteiger partial charge in [0.05, 0.1) is 17.8 Å². The fourth-order valence-corrected chi connectivity index (χ4v) is 2.38. The third-order valence-electron chi connectivity index (χ3n) is 3.35. The number of para-hydroxylation sites is 1. The van der Waals surface area contributed by atoms with E-state index in [1.807, 2.05) is 54.4 Å². The van der Waals surface area contributed by atoms with Crippen molar-refractivity contribution in [2.45, 2.75) is 6.54 Å². The molecule has 0 saturated carbocycles. The lowest BCUT2D eigenvalue weighted by Crippen LogP contribution is -2.18. The van der Waals surface area contributed by atoms with E-state index in [1.165, 1.54) is 0 Å². The number of hydrogen-bond donors (Lipinski definition) is 1. The molecule has 0 aliphatic heterocycles. The number of anilines is 1. The number of nitrogens with one attached hydrogen (secondary N) is 1. The van der Waals surface area contributed by atoms with Crippen molar-refractivity contribution in [2.24, 2.45) is 0 Å². The summed E-state index contributed by atoms with van der Waals surface area (Å²) in [7, 11) is 1.95.